The zero-order valence-electron chi connectivity index (χ0n) is 19.9. The first-order chi connectivity index (χ1) is 16.7. The van der Waals surface area contributed by atoms with Crippen LogP contribution < -0.4 is 10.1 Å². The molecule has 6 nitrogen and oxygen atoms in total. The number of nitrogens with one attached hydrogen (secondary N) is 1. The summed E-state index contributed by atoms with van der Waals surface area (Å²) < 4.78 is 5.74. The summed E-state index contributed by atoms with van der Waals surface area (Å²) in [5, 5.41) is 3.37. The Kier molecular flexibility index (Phi) is 7.12. The minimum Gasteiger partial charge on any atom is -0.493 e. The van der Waals surface area contributed by atoms with Crippen molar-refractivity contribution in [1.29, 1.82) is 0 Å². The number of aryl methyl sites for hydroxylation is 2. The zero-order chi connectivity index (χ0) is 23.3. The van der Waals surface area contributed by atoms with Crippen molar-refractivity contribution >= 4 is 18.0 Å². The summed E-state index contributed by atoms with van der Waals surface area (Å²) in [4.78, 5) is 31.0. The third-order valence-corrected chi connectivity index (χ3v) is 7.70. The lowest BCUT2D eigenvalue weighted by atomic mass is 9.82. The molecule has 1 saturated heterocycles. The topological polar surface area (TPSA) is 71.5 Å². The molecule has 3 aliphatic heterocycles. The molecule has 4 heterocycles. The van der Waals surface area contributed by atoms with E-state index in [0.29, 0.717) is 25.2 Å². The van der Waals surface area contributed by atoms with Gasteiger partial charge in [-0.25, -0.2) is 4.98 Å². The van der Waals surface area contributed by atoms with Crippen LogP contribution in [0, 0.1) is 5.92 Å². The Hall–Kier alpha value is -2.89. The lowest BCUT2D eigenvalue weighted by Gasteiger charge is -2.33. The number of carbonyl (C=O) groups excluding carboxylic acids is 2. The van der Waals surface area contributed by atoms with Gasteiger partial charge < -0.3 is 19.7 Å². The van der Waals surface area contributed by atoms with Gasteiger partial charge in [0.25, 0.3) is 0 Å². The Morgan fingerprint density at radius 2 is 2.03 bits per heavy atom. The van der Waals surface area contributed by atoms with Crippen molar-refractivity contribution in [2.24, 2.45) is 5.92 Å². The standard InChI is InChI=1S/C28H35N3O3/c32-16-11-24(23-4-3-21-12-17-34-26(21)19-23)18-20-9-14-31(15-10-20)27(33)8-7-25-6-5-22-2-1-13-29-28(22)30-25/h3-6,16,19-20,24H,1-2,7-15,17-18H2,(H,29,30). The van der Waals surface area contributed by atoms with E-state index >= 15 is 0 Å². The molecule has 6 heteroatoms. The average molecular weight is 462 g/mol. The van der Waals surface area contributed by atoms with Crippen molar-refractivity contribution in [3.8, 4) is 5.75 Å². The minimum absolute atomic E-state index is 0.225. The highest BCUT2D eigenvalue weighted by molar-refractivity contribution is 5.76. The van der Waals surface area contributed by atoms with Gasteiger partial charge in [-0.15, -0.1) is 0 Å². The molecule has 180 valence electrons. The van der Waals surface area contributed by atoms with Crippen LogP contribution in [0.25, 0.3) is 0 Å². The molecule has 1 aromatic carbocycles. The van der Waals surface area contributed by atoms with Gasteiger partial charge in [0.1, 0.15) is 17.9 Å². The first-order valence-electron chi connectivity index (χ1n) is 12.9. The van der Waals surface area contributed by atoms with Gasteiger partial charge in [-0.1, -0.05) is 18.2 Å². The number of rotatable bonds is 8. The highest BCUT2D eigenvalue weighted by Gasteiger charge is 2.26. The lowest BCUT2D eigenvalue weighted by molar-refractivity contribution is -0.132. The molecule has 1 N–H and O–H groups in total. The Labute approximate surface area is 202 Å². The number of nitrogens with zero attached hydrogens (tertiary/aromatic N) is 2. The number of piperidine rings is 1. The van der Waals surface area contributed by atoms with Crippen molar-refractivity contribution in [3.05, 3.63) is 52.7 Å². The number of hydrogen-bond donors (Lipinski definition) is 1. The maximum Gasteiger partial charge on any atom is 0.222 e. The number of ether oxygens (including phenoxy) is 1. The molecule has 2 aromatic rings. The second-order valence-electron chi connectivity index (χ2n) is 9.97. The zero-order valence-corrected chi connectivity index (χ0v) is 19.9. The highest BCUT2D eigenvalue weighted by atomic mass is 16.5. The molecule has 3 aliphatic rings. The smallest absolute Gasteiger partial charge is 0.222 e. The summed E-state index contributed by atoms with van der Waals surface area (Å²) >= 11 is 0. The highest BCUT2D eigenvalue weighted by Crippen LogP contribution is 2.35. The number of aromatic nitrogens is 1. The van der Waals surface area contributed by atoms with Gasteiger partial charge in [-0.2, -0.15) is 0 Å². The Balaban J connectivity index is 1.11. The Morgan fingerprint density at radius 1 is 1.18 bits per heavy atom. The van der Waals surface area contributed by atoms with Crippen LogP contribution in [-0.4, -0.2) is 48.3 Å². The summed E-state index contributed by atoms with van der Waals surface area (Å²) in [6.45, 7) is 3.35. The molecule has 1 unspecified atom stereocenters. The molecule has 1 atom stereocenters. The van der Waals surface area contributed by atoms with Crippen LogP contribution >= 0.6 is 0 Å². The number of likely N-dealkylation sites (tertiary alicyclic amines) is 1. The summed E-state index contributed by atoms with van der Waals surface area (Å²) in [5.74, 6) is 2.97. The number of pyridine rings is 1. The first kappa shape index (κ1) is 22.9. The maximum atomic E-state index is 12.8. The van der Waals surface area contributed by atoms with Crippen molar-refractivity contribution in [2.45, 2.75) is 63.7 Å². The summed E-state index contributed by atoms with van der Waals surface area (Å²) in [7, 11) is 0. The molecule has 0 aliphatic carbocycles. The van der Waals surface area contributed by atoms with Gasteiger partial charge in [-0.05, 0) is 79.2 Å². The fourth-order valence-corrected chi connectivity index (χ4v) is 5.64. The predicted octanol–water partition coefficient (Wildman–Crippen LogP) is 4.31. The Morgan fingerprint density at radius 3 is 2.88 bits per heavy atom. The number of hydrogen-bond acceptors (Lipinski definition) is 5. The van der Waals surface area contributed by atoms with E-state index in [1.807, 2.05) is 4.90 Å². The predicted molar refractivity (Wildman–Crippen MR) is 132 cm³/mol. The molecule has 1 aromatic heterocycles. The molecule has 1 fully saturated rings. The molecule has 0 radical (unpaired) electrons. The minimum atomic E-state index is 0.225. The van der Waals surface area contributed by atoms with Crippen molar-refractivity contribution in [3.63, 3.8) is 0 Å². The maximum absolute atomic E-state index is 12.8. The number of fused-ring (bicyclic) bond motifs is 2. The van der Waals surface area contributed by atoms with Gasteiger partial charge in [0.15, 0.2) is 0 Å². The normalized spacial score (nSPS) is 18.4. The molecule has 0 spiro atoms. The summed E-state index contributed by atoms with van der Waals surface area (Å²) in [6, 6.07) is 10.7. The van der Waals surface area contributed by atoms with Crippen LogP contribution in [0.4, 0.5) is 5.82 Å². The van der Waals surface area contributed by atoms with Gasteiger partial charge in [0.05, 0.1) is 6.61 Å². The third kappa shape index (κ3) is 5.26. The Bertz CT molecular complexity index is 1030. The van der Waals surface area contributed by atoms with E-state index in [4.69, 9.17) is 9.72 Å². The molecule has 0 saturated carbocycles. The van der Waals surface area contributed by atoms with E-state index in [2.05, 4.69) is 35.6 Å². The van der Waals surface area contributed by atoms with Gasteiger partial charge in [-0.3, -0.25) is 4.79 Å². The molecular weight excluding hydrogens is 426 g/mol. The quantitative estimate of drug-likeness (QED) is 0.593. The number of amides is 1. The van der Waals surface area contributed by atoms with E-state index < -0.39 is 0 Å². The number of benzene rings is 1. The fraction of sp³-hybridized carbons (Fsp3) is 0.536. The lowest BCUT2D eigenvalue weighted by Crippen LogP contribution is -2.38. The molecule has 5 rings (SSSR count). The van der Waals surface area contributed by atoms with E-state index in [1.165, 1.54) is 16.7 Å². The molecule has 34 heavy (non-hydrogen) atoms. The number of aldehydes is 1. The third-order valence-electron chi connectivity index (χ3n) is 7.70. The van der Waals surface area contributed by atoms with Crippen molar-refractivity contribution < 1.29 is 14.3 Å². The van der Waals surface area contributed by atoms with Gasteiger partial charge >= 0.3 is 0 Å². The largest absolute Gasteiger partial charge is 0.493 e. The van der Waals surface area contributed by atoms with Crippen LogP contribution in [0.3, 0.4) is 0 Å². The molecular formula is C28H35N3O3. The first-order valence-corrected chi connectivity index (χ1v) is 12.9. The van der Waals surface area contributed by atoms with Crippen LogP contribution in [0.15, 0.2) is 30.3 Å². The van der Waals surface area contributed by atoms with Crippen LogP contribution in [0.2, 0.25) is 0 Å². The van der Waals surface area contributed by atoms with E-state index in [0.717, 1.165) is 88.3 Å². The van der Waals surface area contributed by atoms with Crippen LogP contribution in [-0.2, 0) is 28.9 Å². The van der Waals surface area contributed by atoms with Crippen molar-refractivity contribution in [1.82, 2.24) is 9.88 Å². The summed E-state index contributed by atoms with van der Waals surface area (Å²) in [5.41, 5.74) is 4.75. The number of carbonyl (C=O) groups is 2. The van der Waals surface area contributed by atoms with Crippen LogP contribution in [0.5, 0.6) is 5.75 Å². The van der Waals surface area contributed by atoms with Gasteiger partial charge in [0.2, 0.25) is 5.91 Å². The van der Waals surface area contributed by atoms with Crippen molar-refractivity contribution in [2.75, 3.05) is 31.6 Å². The average Bonchev–Trinajstić information content (AvgIpc) is 3.35. The summed E-state index contributed by atoms with van der Waals surface area (Å²) in [6.07, 6.45) is 8.99. The van der Waals surface area contributed by atoms with E-state index in [9.17, 15) is 9.59 Å². The molecule has 0 bridgehead atoms. The SMILES string of the molecule is O=CCC(CC1CCN(C(=O)CCc2ccc3c(n2)NCCC3)CC1)c1ccc2c(c1)OCC2. The second-order valence-corrected chi connectivity index (χ2v) is 9.97. The molecule has 1 amide bonds. The monoisotopic (exact) mass is 461 g/mol. The van der Waals surface area contributed by atoms with E-state index in [1.54, 1.807) is 0 Å². The fourth-order valence-electron chi connectivity index (χ4n) is 5.64. The number of anilines is 1. The van der Waals surface area contributed by atoms with E-state index in [-0.39, 0.29) is 11.8 Å². The van der Waals surface area contributed by atoms with Crippen LogP contribution in [0.1, 0.15) is 66.8 Å². The van der Waals surface area contributed by atoms with Gasteiger partial charge in [0, 0.05) is 44.6 Å². The second kappa shape index (κ2) is 10.6.